The van der Waals surface area contributed by atoms with Gasteiger partial charge >= 0.3 is 0 Å². The number of hydrogen-bond donors (Lipinski definition) is 0. The Bertz CT molecular complexity index is 896. The van der Waals surface area contributed by atoms with Gasteiger partial charge in [-0.1, -0.05) is 115 Å². The molecule has 0 N–H and O–H groups in total. The van der Waals surface area contributed by atoms with Gasteiger partial charge < -0.3 is 0 Å². The molecule has 0 radical (unpaired) electrons. The number of halogens is 2. The Morgan fingerprint density at radius 3 is 1.06 bits per heavy atom. The molecular weight excluding hydrogens is 463 g/mol. The molecule has 2 atom stereocenters. The van der Waals surface area contributed by atoms with Crippen LogP contribution >= 0.6 is 22.2 Å². The van der Waals surface area contributed by atoms with Gasteiger partial charge in [0.25, 0.3) is 0 Å². The largest absolute Gasteiger partial charge is 0.188 e. The maximum Gasteiger partial charge on any atom is 0.188 e. The van der Waals surface area contributed by atoms with Gasteiger partial charge in [-0.05, 0) is 56.1 Å². The molecule has 3 rings (SSSR count). The third-order valence-electron chi connectivity index (χ3n) is 6.97. The third-order valence-corrected chi connectivity index (χ3v) is 18.1. The lowest BCUT2D eigenvalue weighted by atomic mass is 10.0. The second-order valence-electron chi connectivity index (χ2n) is 9.48. The second kappa shape index (κ2) is 11.6. The molecular formula is C28H40Cl2Si2. The van der Waals surface area contributed by atoms with Crippen molar-refractivity contribution in [3.63, 3.8) is 0 Å². The predicted molar refractivity (Wildman–Crippen MR) is 154 cm³/mol. The molecule has 0 aliphatic heterocycles. The van der Waals surface area contributed by atoms with E-state index in [0.717, 1.165) is 37.0 Å². The molecule has 174 valence electrons. The van der Waals surface area contributed by atoms with E-state index in [2.05, 4.69) is 76.2 Å². The summed E-state index contributed by atoms with van der Waals surface area (Å²) in [5.74, 6) is 0. The molecule has 0 aromatic heterocycles. The van der Waals surface area contributed by atoms with Crippen LogP contribution in [0.2, 0.25) is 24.2 Å². The zero-order chi connectivity index (χ0) is 23.2. The van der Waals surface area contributed by atoms with Crippen molar-refractivity contribution in [3.8, 4) is 0 Å². The fraction of sp³-hybridized carbons (Fsp3) is 0.500. The number of benzene rings is 3. The van der Waals surface area contributed by atoms with Crippen LogP contribution in [0.5, 0.6) is 0 Å². The molecule has 0 nitrogen and oxygen atoms in total. The smallest absolute Gasteiger partial charge is 0.161 e. The molecule has 2 unspecified atom stereocenters. The van der Waals surface area contributed by atoms with E-state index in [1.165, 1.54) is 57.6 Å². The normalized spacial score (nSPS) is 15.7. The first-order chi connectivity index (χ1) is 15.5. The summed E-state index contributed by atoms with van der Waals surface area (Å²) in [5.41, 5.74) is 0. The van der Waals surface area contributed by atoms with E-state index in [1.54, 1.807) is 0 Å². The van der Waals surface area contributed by atoms with E-state index in [9.17, 15) is 0 Å². The highest BCUT2D eigenvalue weighted by Gasteiger charge is 2.39. The summed E-state index contributed by atoms with van der Waals surface area (Å²) < 4.78 is 0. The Kier molecular flexibility index (Phi) is 9.32. The van der Waals surface area contributed by atoms with Crippen LogP contribution in [0.1, 0.15) is 66.2 Å². The fourth-order valence-electron chi connectivity index (χ4n) is 5.55. The molecule has 0 saturated carbocycles. The number of hydrogen-bond acceptors (Lipinski definition) is 0. The van der Waals surface area contributed by atoms with E-state index >= 15 is 0 Å². The van der Waals surface area contributed by atoms with Gasteiger partial charge in [-0.2, -0.15) is 22.2 Å². The first-order valence-corrected chi connectivity index (χ1v) is 19.6. The molecule has 0 spiro atoms. The fourth-order valence-corrected chi connectivity index (χ4v) is 16.4. The SMILES string of the molecule is CCCC[Si](Cl)(CCC)c1c2ccccc2c([Si](Cl)(CCC)CCCC)c2ccccc12. The molecule has 4 heteroatoms. The standard InChI is InChI=1S/C28H40Cl2Si2/c1-5-9-21-31(29,19-7-3)27-23-15-11-13-17-25(23)28(26-18-14-12-16-24(26)27)32(30,20-8-4)22-10-6-2/h11-18H,5-10,19-22H2,1-4H3. The number of fused-ring (bicyclic) bond motifs is 2. The van der Waals surface area contributed by atoms with Gasteiger partial charge in [0.2, 0.25) is 0 Å². The minimum absolute atomic E-state index is 1.14. The van der Waals surface area contributed by atoms with Crippen LogP contribution in [-0.2, 0) is 0 Å². The quantitative estimate of drug-likeness (QED) is 0.131. The lowest BCUT2D eigenvalue weighted by Gasteiger charge is -2.33. The molecule has 0 amide bonds. The third kappa shape index (κ3) is 5.14. The zero-order valence-corrected chi connectivity index (χ0v) is 24.0. The van der Waals surface area contributed by atoms with Crippen molar-refractivity contribution in [2.45, 2.75) is 90.4 Å². The molecule has 0 heterocycles. The molecule has 0 aliphatic rings. The maximum absolute atomic E-state index is 7.73. The van der Waals surface area contributed by atoms with Gasteiger partial charge in [0.15, 0.2) is 14.8 Å². The van der Waals surface area contributed by atoms with E-state index < -0.39 is 14.8 Å². The van der Waals surface area contributed by atoms with E-state index in [0.29, 0.717) is 0 Å². The highest BCUT2D eigenvalue weighted by atomic mass is 35.6. The van der Waals surface area contributed by atoms with Gasteiger partial charge in [0.1, 0.15) is 0 Å². The van der Waals surface area contributed by atoms with Crippen molar-refractivity contribution in [2.24, 2.45) is 0 Å². The van der Waals surface area contributed by atoms with Crippen LogP contribution in [0.15, 0.2) is 48.5 Å². The minimum Gasteiger partial charge on any atom is -0.161 e. The topological polar surface area (TPSA) is 0 Å². The molecule has 0 bridgehead atoms. The summed E-state index contributed by atoms with van der Waals surface area (Å²) in [6.45, 7) is 9.14. The molecule has 3 aromatic rings. The lowest BCUT2D eigenvalue weighted by molar-refractivity contribution is 0.866. The summed E-state index contributed by atoms with van der Waals surface area (Å²) in [7, 11) is -4.31. The maximum atomic E-state index is 7.73. The van der Waals surface area contributed by atoms with E-state index in [4.69, 9.17) is 22.2 Å². The van der Waals surface area contributed by atoms with Gasteiger partial charge in [0.05, 0.1) is 0 Å². The molecule has 3 aromatic carbocycles. The van der Waals surface area contributed by atoms with Crippen LogP contribution in [0.4, 0.5) is 0 Å². The summed E-state index contributed by atoms with van der Waals surface area (Å²) in [4.78, 5) is 0. The summed E-state index contributed by atoms with van der Waals surface area (Å²) in [5, 5.41) is 8.50. The first kappa shape index (κ1) is 25.8. The van der Waals surface area contributed by atoms with Crippen molar-refractivity contribution >= 4 is 68.8 Å². The van der Waals surface area contributed by atoms with Crippen molar-refractivity contribution in [1.29, 1.82) is 0 Å². The molecule has 32 heavy (non-hydrogen) atoms. The Morgan fingerprint density at radius 1 is 0.500 bits per heavy atom. The van der Waals surface area contributed by atoms with Crippen molar-refractivity contribution < 1.29 is 0 Å². The van der Waals surface area contributed by atoms with Crippen LogP contribution in [-0.4, -0.2) is 14.8 Å². The Labute approximate surface area is 207 Å². The number of rotatable bonds is 12. The van der Waals surface area contributed by atoms with Crippen LogP contribution < -0.4 is 10.4 Å². The summed E-state index contributed by atoms with van der Waals surface area (Å²) >= 11 is 15.5. The minimum atomic E-state index is -2.16. The highest BCUT2D eigenvalue weighted by Crippen LogP contribution is 2.36. The summed E-state index contributed by atoms with van der Waals surface area (Å²) in [6.07, 6.45) is 7.10. The molecule has 0 fully saturated rings. The highest BCUT2D eigenvalue weighted by molar-refractivity contribution is 7.30. The Hall–Kier alpha value is -0.806. The van der Waals surface area contributed by atoms with Gasteiger partial charge in [0, 0.05) is 0 Å². The van der Waals surface area contributed by atoms with Gasteiger partial charge in [-0.15, -0.1) is 0 Å². The van der Waals surface area contributed by atoms with Crippen LogP contribution in [0, 0.1) is 0 Å². The average molecular weight is 504 g/mol. The summed E-state index contributed by atoms with van der Waals surface area (Å²) in [6, 6.07) is 22.7. The monoisotopic (exact) mass is 502 g/mol. The Morgan fingerprint density at radius 2 is 0.812 bits per heavy atom. The molecule has 0 aliphatic carbocycles. The second-order valence-corrected chi connectivity index (χ2v) is 20.7. The molecule has 0 saturated heterocycles. The van der Waals surface area contributed by atoms with E-state index in [-0.39, 0.29) is 0 Å². The van der Waals surface area contributed by atoms with E-state index in [1.807, 2.05) is 0 Å². The van der Waals surface area contributed by atoms with Gasteiger partial charge in [-0.25, -0.2) is 0 Å². The van der Waals surface area contributed by atoms with Crippen LogP contribution in [0.25, 0.3) is 21.5 Å². The lowest BCUT2D eigenvalue weighted by Crippen LogP contribution is -2.47. The zero-order valence-electron chi connectivity index (χ0n) is 20.4. The number of unbranched alkanes of at least 4 members (excludes halogenated alkanes) is 2. The van der Waals surface area contributed by atoms with Crippen molar-refractivity contribution in [1.82, 2.24) is 0 Å². The van der Waals surface area contributed by atoms with Crippen molar-refractivity contribution in [3.05, 3.63) is 48.5 Å². The first-order valence-electron chi connectivity index (χ1n) is 12.8. The average Bonchev–Trinajstić information content (AvgIpc) is 2.80. The van der Waals surface area contributed by atoms with Crippen molar-refractivity contribution in [2.75, 3.05) is 0 Å². The van der Waals surface area contributed by atoms with Gasteiger partial charge in [-0.3, -0.25) is 0 Å². The Balaban J connectivity index is 2.44. The predicted octanol–water partition coefficient (Wildman–Crippen LogP) is 9.20. The van der Waals surface area contributed by atoms with Crippen LogP contribution in [0.3, 0.4) is 0 Å².